The molecule has 0 saturated carbocycles. The van der Waals surface area contributed by atoms with Crippen molar-refractivity contribution in [3.8, 4) is 0 Å². The number of aliphatic carboxylic acids is 1. The Labute approximate surface area is 82.6 Å². The van der Waals surface area contributed by atoms with Crippen LogP contribution in [0.15, 0.2) is 23.8 Å². The second-order valence-electron chi connectivity index (χ2n) is 2.90. The molecule has 0 aliphatic carbocycles. The molecule has 4 heteroatoms. The maximum atomic E-state index is 11.3. The minimum Gasteiger partial charge on any atom is -0.478 e. The highest BCUT2D eigenvalue weighted by Crippen LogP contribution is 2.06. The molecule has 0 aromatic carbocycles. The van der Waals surface area contributed by atoms with Gasteiger partial charge in [0.25, 0.3) is 0 Å². The van der Waals surface area contributed by atoms with E-state index >= 15 is 0 Å². The van der Waals surface area contributed by atoms with Gasteiger partial charge in [0, 0.05) is 6.61 Å². The van der Waals surface area contributed by atoms with Crippen molar-refractivity contribution in [2.24, 2.45) is 0 Å². The van der Waals surface area contributed by atoms with Gasteiger partial charge >= 0.3 is 5.97 Å². The molecule has 0 atom stereocenters. The predicted molar refractivity (Wildman–Crippen MR) is 51.9 cm³/mol. The molecule has 0 heterocycles. The number of unbranched alkanes of at least 4 members (excludes halogenated alkanes) is 1. The van der Waals surface area contributed by atoms with Crippen LogP contribution >= 0.6 is 0 Å². The summed E-state index contributed by atoms with van der Waals surface area (Å²) in [6, 6.07) is 0. The third kappa shape index (κ3) is 4.00. The summed E-state index contributed by atoms with van der Waals surface area (Å²) in [7, 11) is 0. The van der Waals surface area contributed by atoms with E-state index in [1.54, 1.807) is 0 Å². The second-order valence-corrected chi connectivity index (χ2v) is 2.90. The lowest BCUT2D eigenvalue weighted by Gasteiger charge is -2.00. The molecule has 2 N–H and O–H groups in total. The van der Waals surface area contributed by atoms with Crippen molar-refractivity contribution in [3.05, 3.63) is 23.8 Å². The molecule has 0 aromatic heterocycles. The van der Waals surface area contributed by atoms with Crippen LogP contribution in [0, 0.1) is 0 Å². The summed E-state index contributed by atoms with van der Waals surface area (Å²) in [5, 5.41) is 17.2. The molecule has 4 nitrogen and oxygen atoms in total. The number of allylic oxidation sites excluding steroid dienone is 2. The molecule has 0 rings (SSSR count). The predicted octanol–water partition coefficient (Wildman–Crippen LogP) is 0.915. The van der Waals surface area contributed by atoms with Gasteiger partial charge in [0.05, 0.1) is 0 Å². The lowest BCUT2D eigenvalue weighted by Crippen LogP contribution is -2.12. The largest absolute Gasteiger partial charge is 0.478 e. The van der Waals surface area contributed by atoms with Crippen LogP contribution in [0.4, 0.5) is 0 Å². The van der Waals surface area contributed by atoms with Crippen molar-refractivity contribution in [1.82, 2.24) is 0 Å². The highest BCUT2D eigenvalue weighted by molar-refractivity contribution is 6.22. The Hall–Kier alpha value is -1.42. The molecule has 0 fully saturated rings. The lowest BCUT2D eigenvalue weighted by molar-refractivity contribution is -0.134. The van der Waals surface area contributed by atoms with Crippen LogP contribution in [-0.4, -0.2) is 28.6 Å². The fourth-order valence-corrected chi connectivity index (χ4v) is 0.845. The maximum Gasteiger partial charge on any atom is 0.339 e. The molecule has 0 radical (unpaired) electrons. The van der Waals surface area contributed by atoms with Gasteiger partial charge in [-0.05, 0) is 25.3 Å². The first-order chi connectivity index (χ1) is 6.50. The van der Waals surface area contributed by atoms with Gasteiger partial charge in [0.15, 0.2) is 5.78 Å². The molecule has 0 unspecified atom stereocenters. The lowest BCUT2D eigenvalue weighted by atomic mass is 10.0. The first kappa shape index (κ1) is 12.6. The van der Waals surface area contributed by atoms with Crippen molar-refractivity contribution in [2.45, 2.75) is 19.8 Å². The van der Waals surface area contributed by atoms with E-state index in [-0.39, 0.29) is 17.8 Å². The number of rotatable bonds is 6. The van der Waals surface area contributed by atoms with Crippen molar-refractivity contribution >= 4 is 11.8 Å². The second kappa shape index (κ2) is 6.10. The molecular weight excluding hydrogens is 184 g/mol. The Morgan fingerprint density at radius 2 is 2.00 bits per heavy atom. The summed E-state index contributed by atoms with van der Waals surface area (Å²) in [6.07, 6.45) is 2.13. The van der Waals surface area contributed by atoms with E-state index in [1.165, 1.54) is 13.0 Å². The number of carboxylic acids is 1. The molecule has 0 aliphatic rings. The van der Waals surface area contributed by atoms with Crippen LogP contribution in [-0.2, 0) is 9.59 Å². The van der Waals surface area contributed by atoms with Crippen molar-refractivity contribution < 1.29 is 19.8 Å². The highest BCUT2D eigenvalue weighted by Gasteiger charge is 2.16. The third-order valence-electron chi connectivity index (χ3n) is 1.57. The van der Waals surface area contributed by atoms with Crippen LogP contribution in [0.5, 0.6) is 0 Å². The Bertz CT molecular complexity index is 276. The van der Waals surface area contributed by atoms with Crippen LogP contribution in [0.25, 0.3) is 0 Å². The first-order valence-electron chi connectivity index (χ1n) is 4.25. The Morgan fingerprint density at radius 3 is 2.36 bits per heavy atom. The molecule has 78 valence electrons. The van der Waals surface area contributed by atoms with E-state index < -0.39 is 11.8 Å². The number of carboxylic acid groups (broad SMARTS) is 1. The SMILES string of the molecule is C=C(C)C(=O)C(=CCCCO)C(=O)O. The van der Waals surface area contributed by atoms with E-state index in [2.05, 4.69) is 6.58 Å². The zero-order chi connectivity index (χ0) is 11.1. The molecule has 0 aromatic rings. The van der Waals surface area contributed by atoms with Gasteiger partial charge in [0.1, 0.15) is 5.57 Å². The standard InChI is InChI=1S/C10H14O4/c1-7(2)9(12)8(10(13)14)5-3-4-6-11/h5,11H,1,3-4,6H2,2H3,(H,13,14). The van der Waals surface area contributed by atoms with E-state index in [0.29, 0.717) is 12.8 Å². The van der Waals surface area contributed by atoms with Gasteiger partial charge in [-0.1, -0.05) is 12.7 Å². The normalized spacial score (nSPS) is 11.1. The topological polar surface area (TPSA) is 74.6 Å². The number of Topliss-reactive ketones (excluding diaryl/α,β-unsaturated/α-hetero) is 1. The number of hydrogen-bond acceptors (Lipinski definition) is 3. The number of hydrogen-bond donors (Lipinski definition) is 2. The number of ketones is 1. The van der Waals surface area contributed by atoms with Crippen molar-refractivity contribution in [3.63, 3.8) is 0 Å². The molecule has 14 heavy (non-hydrogen) atoms. The summed E-state index contributed by atoms with van der Waals surface area (Å²) in [6.45, 7) is 4.82. The minimum atomic E-state index is -1.25. The molecule has 0 aliphatic heterocycles. The minimum absolute atomic E-state index is 0.0232. The molecular formula is C10H14O4. The molecule has 0 spiro atoms. The molecule has 0 bridgehead atoms. The smallest absolute Gasteiger partial charge is 0.339 e. The molecule has 0 saturated heterocycles. The number of carbonyl (C=O) groups excluding carboxylic acids is 1. The summed E-state index contributed by atoms with van der Waals surface area (Å²) in [4.78, 5) is 21.9. The zero-order valence-corrected chi connectivity index (χ0v) is 8.12. The average Bonchev–Trinajstić information content (AvgIpc) is 2.10. The fraction of sp³-hybridized carbons (Fsp3) is 0.400. The Kier molecular flexibility index (Phi) is 5.48. The van der Waals surface area contributed by atoms with E-state index in [9.17, 15) is 9.59 Å². The number of aliphatic hydroxyl groups excluding tert-OH is 1. The van der Waals surface area contributed by atoms with Crippen LogP contribution in [0.3, 0.4) is 0 Å². The Balaban J connectivity index is 4.60. The highest BCUT2D eigenvalue weighted by atomic mass is 16.4. The number of carbonyl (C=O) groups is 2. The van der Waals surface area contributed by atoms with Crippen LogP contribution in [0.1, 0.15) is 19.8 Å². The fourth-order valence-electron chi connectivity index (χ4n) is 0.845. The summed E-state index contributed by atoms with van der Waals surface area (Å²) in [5.74, 6) is -1.81. The monoisotopic (exact) mass is 198 g/mol. The quantitative estimate of drug-likeness (QED) is 0.288. The Morgan fingerprint density at radius 1 is 1.43 bits per heavy atom. The van der Waals surface area contributed by atoms with Gasteiger partial charge in [-0.25, -0.2) is 4.79 Å². The van der Waals surface area contributed by atoms with Gasteiger partial charge in [-0.15, -0.1) is 0 Å². The van der Waals surface area contributed by atoms with E-state index in [4.69, 9.17) is 10.2 Å². The number of aliphatic hydroxyl groups is 1. The van der Waals surface area contributed by atoms with E-state index in [0.717, 1.165) is 0 Å². The zero-order valence-electron chi connectivity index (χ0n) is 8.12. The van der Waals surface area contributed by atoms with E-state index in [1.807, 2.05) is 0 Å². The van der Waals surface area contributed by atoms with Crippen molar-refractivity contribution in [1.29, 1.82) is 0 Å². The van der Waals surface area contributed by atoms with Gasteiger partial charge in [-0.3, -0.25) is 4.79 Å². The maximum absolute atomic E-state index is 11.3. The average molecular weight is 198 g/mol. The van der Waals surface area contributed by atoms with Crippen LogP contribution < -0.4 is 0 Å². The van der Waals surface area contributed by atoms with Gasteiger partial charge < -0.3 is 10.2 Å². The summed E-state index contributed by atoms with van der Waals surface area (Å²) < 4.78 is 0. The molecule has 0 amide bonds. The first-order valence-corrected chi connectivity index (χ1v) is 4.25. The summed E-state index contributed by atoms with van der Waals surface area (Å²) in [5.41, 5.74) is -0.0754. The third-order valence-corrected chi connectivity index (χ3v) is 1.57. The van der Waals surface area contributed by atoms with Crippen molar-refractivity contribution in [2.75, 3.05) is 6.61 Å². The van der Waals surface area contributed by atoms with Crippen LogP contribution in [0.2, 0.25) is 0 Å². The van der Waals surface area contributed by atoms with Gasteiger partial charge in [-0.2, -0.15) is 0 Å². The van der Waals surface area contributed by atoms with Gasteiger partial charge in [0.2, 0.25) is 0 Å². The summed E-state index contributed by atoms with van der Waals surface area (Å²) >= 11 is 0.